The van der Waals surface area contributed by atoms with Gasteiger partial charge in [0.05, 0.1) is 19.4 Å². The first-order valence-electron chi connectivity index (χ1n) is 7.40. The number of hydrogen-bond donors (Lipinski definition) is 3. The van der Waals surface area contributed by atoms with Crippen molar-refractivity contribution in [1.82, 2.24) is 10.6 Å². The van der Waals surface area contributed by atoms with Crippen LogP contribution in [-0.4, -0.2) is 45.8 Å². The summed E-state index contributed by atoms with van der Waals surface area (Å²) >= 11 is 0. The molecule has 0 aliphatic carbocycles. The van der Waals surface area contributed by atoms with Crippen LogP contribution in [-0.2, 0) is 16.1 Å². The summed E-state index contributed by atoms with van der Waals surface area (Å²) in [6, 6.07) is 5.78. The fraction of sp³-hybridized carbons (Fsp3) is 0.500. The number of aliphatic imine (C=N–C) groups is 1. The monoisotopic (exact) mass is 450 g/mol. The van der Waals surface area contributed by atoms with E-state index in [0.717, 1.165) is 5.56 Å². The lowest BCUT2D eigenvalue weighted by molar-refractivity contribution is -0.114. The quantitative estimate of drug-likeness (QED) is 0.336. The van der Waals surface area contributed by atoms with Crippen LogP contribution in [0.2, 0.25) is 0 Å². The molecular formula is C16H27IN4O3. The molecule has 1 aromatic rings. The molecule has 8 heteroatoms. The SMILES string of the molecule is CN=C(NCc1ccc(OC)c(NC(C)=O)c1)NC(C)COC.I. The molecule has 1 rings (SSSR count). The number of nitrogens with zero attached hydrogens (tertiary/aromatic N) is 1. The highest BCUT2D eigenvalue weighted by molar-refractivity contribution is 14.0. The lowest BCUT2D eigenvalue weighted by atomic mass is 10.2. The van der Waals surface area contributed by atoms with Gasteiger partial charge in [-0.05, 0) is 24.6 Å². The zero-order valence-electron chi connectivity index (χ0n) is 14.8. The maximum absolute atomic E-state index is 11.3. The minimum absolute atomic E-state index is 0. The summed E-state index contributed by atoms with van der Waals surface area (Å²) in [6.45, 7) is 4.64. The predicted octanol–water partition coefficient (Wildman–Crippen LogP) is 1.97. The van der Waals surface area contributed by atoms with Gasteiger partial charge in [-0.2, -0.15) is 0 Å². The Morgan fingerprint density at radius 3 is 2.58 bits per heavy atom. The highest BCUT2D eigenvalue weighted by Crippen LogP contribution is 2.25. The standard InChI is InChI=1S/C16H26N4O3.HI/c1-11(10-22-4)19-16(17-3)18-9-13-6-7-15(23-5)14(8-13)20-12(2)21;/h6-8,11H,9-10H2,1-5H3,(H,20,21)(H2,17,18,19);1H. The third-order valence-electron chi connectivity index (χ3n) is 3.06. The first kappa shape index (κ1) is 22.4. The predicted molar refractivity (Wildman–Crippen MR) is 107 cm³/mol. The largest absolute Gasteiger partial charge is 0.495 e. The average molecular weight is 450 g/mol. The van der Waals surface area contributed by atoms with E-state index in [-0.39, 0.29) is 35.9 Å². The van der Waals surface area contributed by atoms with Gasteiger partial charge in [0.1, 0.15) is 5.75 Å². The maximum Gasteiger partial charge on any atom is 0.221 e. The Bertz CT molecular complexity index is 552. The number of carbonyl (C=O) groups excluding carboxylic acids is 1. The van der Waals surface area contributed by atoms with Crippen LogP contribution in [0.1, 0.15) is 19.4 Å². The molecular weight excluding hydrogens is 423 g/mol. The molecule has 136 valence electrons. The van der Waals surface area contributed by atoms with E-state index in [9.17, 15) is 4.79 Å². The molecule has 0 aliphatic rings. The third-order valence-corrected chi connectivity index (χ3v) is 3.06. The molecule has 7 nitrogen and oxygen atoms in total. The summed E-state index contributed by atoms with van der Waals surface area (Å²) < 4.78 is 10.3. The lowest BCUT2D eigenvalue weighted by Crippen LogP contribution is -2.43. The summed E-state index contributed by atoms with van der Waals surface area (Å²) in [5, 5.41) is 9.21. The number of nitrogens with one attached hydrogen (secondary N) is 3. The molecule has 0 saturated heterocycles. The van der Waals surface area contributed by atoms with Crippen LogP contribution in [0.3, 0.4) is 0 Å². The number of guanidine groups is 1. The lowest BCUT2D eigenvalue weighted by Gasteiger charge is -2.17. The summed E-state index contributed by atoms with van der Waals surface area (Å²) in [4.78, 5) is 15.4. The average Bonchev–Trinajstić information content (AvgIpc) is 2.51. The van der Waals surface area contributed by atoms with Crippen molar-refractivity contribution in [3.05, 3.63) is 23.8 Å². The van der Waals surface area contributed by atoms with Crippen LogP contribution in [0.5, 0.6) is 5.75 Å². The molecule has 0 fully saturated rings. The highest BCUT2D eigenvalue weighted by Gasteiger charge is 2.08. The Balaban J connectivity index is 0.00000529. The molecule has 1 aromatic carbocycles. The van der Waals surface area contributed by atoms with E-state index in [2.05, 4.69) is 20.9 Å². The van der Waals surface area contributed by atoms with Crippen LogP contribution in [0.4, 0.5) is 5.69 Å². The Labute approximate surface area is 160 Å². The fourth-order valence-corrected chi connectivity index (χ4v) is 2.06. The molecule has 0 aliphatic heterocycles. The van der Waals surface area contributed by atoms with Gasteiger partial charge in [-0.1, -0.05) is 6.07 Å². The Morgan fingerprint density at radius 2 is 2.04 bits per heavy atom. The van der Waals surface area contributed by atoms with Crippen molar-refractivity contribution in [2.24, 2.45) is 4.99 Å². The topological polar surface area (TPSA) is 84.0 Å². The van der Waals surface area contributed by atoms with Gasteiger partial charge in [-0.15, -0.1) is 24.0 Å². The molecule has 0 bridgehead atoms. The fourth-order valence-electron chi connectivity index (χ4n) is 2.06. The van der Waals surface area contributed by atoms with E-state index in [4.69, 9.17) is 9.47 Å². The zero-order valence-corrected chi connectivity index (χ0v) is 17.1. The molecule has 24 heavy (non-hydrogen) atoms. The Hall–Kier alpha value is -1.55. The second-order valence-corrected chi connectivity index (χ2v) is 5.14. The number of carbonyl (C=O) groups is 1. The smallest absolute Gasteiger partial charge is 0.221 e. The van der Waals surface area contributed by atoms with Crippen LogP contribution < -0.4 is 20.7 Å². The number of methoxy groups -OCH3 is 2. The minimum atomic E-state index is -0.140. The van der Waals surface area contributed by atoms with E-state index in [1.54, 1.807) is 21.3 Å². The minimum Gasteiger partial charge on any atom is -0.495 e. The zero-order chi connectivity index (χ0) is 17.2. The van der Waals surface area contributed by atoms with E-state index in [0.29, 0.717) is 30.5 Å². The van der Waals surface area contributed by atoms with Crippen molar-refractivity contribution in [3.8, 4) is 5.75 Å². The first-order chi connectivity index (χ1) is 11.0. The van der Waals surface area contributed by atoms with Gasteiger partial charge in [0.25, 0.3) is 0 Å². The maximum atomic E-state index is 11.3. The summed E-state index contributed by atoms with van der Waals surface area (Å²) in [6.07, 6.45) is 0. The van der Waals surface area contributed by atoms with Crippen LogP contribution >= 0.6 is 24.0 Å². The first-order valence-corrected chi connectivity index (χ1v) is 7.40. The number of hydrogen-bond acceptors (Lipinski definition) is 4. The van der Waals surface area contributed by atoms with Crippen molar-refractivity contribution in [2.45, 2.75) is 26.4 Å². The number of amides is 1. The number of halogens is 1. The molecule has 1 amide bonds. The second-order valence-electron chi connectivity index (χ2n) is 5.14. The molecule has 1 atom stereocenters. The number of anilines is 1. The molecule has 1 unspecified atom stereocenters. The van der Waals surface area contributed by atoms with Gasteiger partial charge >= 0.3 is 0 Å². The van der Waals surface area contributed by atoms with E-state index in [1.807, 2.05) is 25.1 Å². The summed E-state index contributed by atoms with van der Waals surface area (Å²) in [5.41, 5.74) is 1.65. The van der Waals surface area contributed by atoms with E-state index >= 15 is 0 Å². The number of benzene rings is 1. The van der Waals surface area contributed by atoms with E-state index in [1.165, 1.54) is 6.92 Å². The van der Waals surface area contributed by atoms with Gasteiger partial charge in [0.2, 0.25) is 5.91 Å². The van der Waals surface area contributed by atoms with Crippen molar-refractivity contribution in [1.29, 1.82) is 0 Å². The van der Waals surface area contributed by atoms with Crippen molar-refractivity contribution in [3.63, 3.8) is 0 Å². The van der Waals surface area contributed by atoms with Crippen LogP contribution in [0.15, 0.2) is 23.2 Å². The summed E-state index contributed by atoms with van der Waals surface area (Å²) in [5.74, 6) is 1.17. The van der Waals surface area contributed by atoms with E-state index < -0.39 is 0 Å². The van der Waals surface area contributed by atoms with Gasteiger partial charge < -0.3 is 25.4 Å². The molecule has 0 spiro atoms. The molecule has 0 aromatic heterocycles. The Morgan fingerprint density at radius 1 is 1.33 bits per heavy atom. The van der Waals surface area contributed by atoms with Gasteiger partial charge in [-0.25, -0.2) is 0 Å². The number of ether oxygens (including phenoxy) is 2. The Kier molecular flexibility index (Phi) is 11.1. The summed E-state index contributed by atoms with van der Waals surface area (Å²) in [7, 11) is 4.95. The molecule has 0 saturated carbocycles. The molecule has 0 heterocycles. The van der Waals surface area contributed by atoms with Gasteiger partial charge in [0.15, 0.2) is 5.96 Å². The van der Waals surface area contributed by atoms with Crippen molar-refractivity contribution >= 4 is 41.5 Å². The second kappa shape index (κ2) is 11.9. The van der Waals surface area contributed by atoms with Crippen molar-refractivity contribution < 1.29 is 14.3 Å². The number of rotatable bonds is 7. The van der Waals surface area contributed by atoms with Crippen LogP contribution in [0.25, 0.3) is 0 Å². The molecule has 0 radical (unpaired) electrons. The van der Waals surface area contributed by atoms with Crippen LogP contribution in [0, 0.1) is 0 Å². The van der Waals surface area contributed by atoms with Crippen molar-refractivity contribution in [2.75, 3.05) is 33.2 Å². The van der Waals surface area contributed by atoms with Gasteiger partial charge in [0, 0.05) is 33.7 Å². The highest BCUT2D eigenvalue weighted by atomic mass is 127. The van der Waals surface area contributed by atoms with Gasteiger partial charge in [-0.3, -0.25) is 9.79 Å². The third kappa shape index (κ3) is 7.82. The molecule has 3 N–H and O–H groups in total. The normalized spacial score (nSPS) is 12.0.